The summed E-state index contributed by atoms with van der Waals surface area (Å²) in [5.41, 5.74) is 2.25. The average molecular weight is 621 g/mol. The van der Waals surface area contributed by atoms with Gasteiger partial charge < -0.3 is 21.1 Å². The maximum atomic E-state index is 13.8. The van der Waals surface area contributed by atoms with Gasteiger partial charge in [-0.25, -0.2) is 8.78 Å². The van der Waals surface area contributed by atoms with Crippen LogP contribution in [0.1, 0.15) is 41.3 Å². The minimum absolute atomic E-state index is 0.0255. The lowest BCUT2D eigenvalue weighted by Gasteiger charge is -2.25. The average Bonchev–Trinajstić information content (AvgIpc) is 2.83. The molecule has 0 saturated heterocycles. The molecular formula is C28H30F2IN3O3. The highest BCUT2D eigenvalue weighted by atomic mass is 127. The highest BCUT2D eigenvalue weighted by Crippen LogP contribution is 2.15. The lowest BCUT2D eigenvalue weighted by atomic mass is 10.00. The zero-order valence-electron chi connectivity index (χ0n) is 20.4. The summed E-state index contributed by atoms with van der Waals surface area (Å²) in [6, 6.07) is 16.6. The number of amides is 2. The SMILES string of the molecule is CCCC(=O)Nc1ccc(C(=O)N[C@@H](Cc2cc(F)cc(F)c2)[C@@H](O)CNCc2cccc(I)c2)cc1. The van der Waals surface area contributed by atoms with Gasteiger partial charge in [-0.05, 0) is 95.1 Å². The second-order valence-electron chi connectivity index (χ2n) is 8.77. The topological polar surface area (TPSA) is 90.5 Å². The molecule has 0 heterocycles. The molecule has 0 bridgehead atoms. The second kappa shape index (κ2) is 14.2. The maximum Gasteiger partial charge on any atom is 0.251 e. The van der Waals surface area contributed by atoms with Crippen LogP contribution in [0, 0.1) is 15.2 Å². The molecule has 2 amide bonds. The van der Waals surface area contributed by atoms with Crippen LogP contribution in [0.4, 0.5) is 14.5 Å². The molecule has 6 nitrogen and oxygen atoms in total. The largest absolute Gasteiger partial charge is 0.390 e. The third kappa shape index (κ3) is 9.49. The highest BCUT2D eigenvalue weighted by molar-refractivity contribution is 14.1. The number of carbonyl (C=O) groups excluding carboxylic acids is 2. The molecule has 9 heteroatoms. The lowest BCUT2D eigenvalue weighted by Crippen LogP contribution is -2.48. The van der Waals surface area contributed by atoms with E-state index in [0.717, 1.165) is 21.6 Å². The molecule has 2 atom stereocenters. The van der Waals surface area contributed by atoms with Gasteiger partial charge in [0.25, 0.3) is 5.91 Å². The number of hydrogen-bond donors (Lipinski definition) is 4. The van der Waals surface area contributed by atoms with Crippen molar-refractivity contribution in [3.8, 4) is 0 Å². The van der Waals surface area contributed by atoms with Crippen LogP contribution in [-0.4, -0.2) is 35.6 Å². The Labute approximate surface area is 229 Å². The van der Waals surface area contributed by atoms with E-state index in [0.29, 0.717) is 29.8 Å². The molecule has 0 aliphatic carbocycles. The standard InChI is InChI=1S/C28H30F2IN3O3/c1-2-4-27(36)33-24-9-7-20(8-10-24)28(37)34-25(14-19-11-21(29)15-22(30)12-19)26(35)17-32-16-18-5-3-6-23(31)13-18/h3,5-13,15,25-26,32,35H,2,4,14,16-17H2,1H3,(H,33,36)(H,34,37)/t25-,26-/m0/s1. The van der Waals surface area contributed by atoms with E-state index in [4.69, 9.17) is 0 Å². The van der Waals surface area contributed by atoms with E-state index in [2.05, 4.69) is 38.5 Å². The summed E-state index contributed by atoms with van der Waals surface area (Å²) < 4.78 is 28.6. The fourth-order valence-corrected chi connectivity index (χ4v) is 4.43. The van der Waals surface area contributed by atoms with Crippen LogP contribution in [0.3, 0.4) is 0 Å². The molecule has 0 unspecified atom stereocenters. The van der Waals surface area contributed by atoms with Crippen molar-refractivity contribution in [2.45, 2.75) is 44.9 Å². The molecule has 3 aromatic carbocycles. The van der Waals surface area contributed by atoms with Crippen molar-refractivity contribution in [3.05, 3.63) is 98.6 Å². The number of rotatable bonds is 12. The Hall–Kier alpha value is -2.89. The van der Waals surface area contributed by atoms with Crippen molar-refractivity contribution in [3.63, 3.8) is 0 Å². The minimum Gasteiger partial charge on any atom is -0.390 e. The van der Waals surface area contributed by atoms with Gasteiger partial charge in [0.05, 0.1) is 12.1 Å². The molecule has 0 spiro atoms. The van der Waals surface area contributed by atoms with Crippen molar-refractivity contribution < 1.29 is 23.5 Å². The van der Waals surface area contributed by atoms with Crippen LogP contribution in [0.15, 0.2) is 66.7 Å². The highest BCUT2D eigenvalue weighted by Gasteiger charge is 2.23. The summed E-state index contributed by atoms with van der Waals surface area (Å²) in [5, 5.41) is 19.6. The first-order chi connectivity index (χ1) is 17.7. The maximum absolute atomic E-state index is 13.8. The second-order valence-corrected chi connectivity index (χ2v) is 10.0. The third-order valence-corrected chi connectivity index (χ3v) is 6.31. The van der Waals surface area contributed by atoms with E-state index in [9.17, 15) is 23.5 Å². The summed E-state index contributed by atoms with van der Waals surface area (Å²) in [6.07, 6.45) is 0.119. The Bertz CT molecular complexity index is 1190. The molecule has 0 aliphatic rings. The molecule has 196 valence electrons. The van der Waals surface area contributed by atoms with Crippen LogP contribution < -0.4 is 16.0 Å². The van der Waals surface area contributed by atoms with Gasteiger partial charge in [0.1, 0.15) is 11.6 Å². The fourth-order valence-electron chi connectivity index (χ4n) is 3.83. The van der Waals surface area contributed by atoms with E-state index < -0.39 is 29.7 Å². The van der Waals surface area contributed by atoms with Gasteiger partial charge in [0.15, 0.2) is 0 Å². The van der Waals surface area contributed by atoms with E-state index in [-0.39, 0.29) is 18.9 Å². The van der Waals surface area contributed by atoms with Gasteiger partial charge in [0, 0.05) is 40.4 Å². The molecule has 0 fully saturated rings. The summed E-state index contributed by atoms with van der Waals surface area (Å²) in [4.78, 5) is 24.8. The molecule has 3 rings (SSSR count). The quantitative estimate of drug-likeness (QED) is 0.219. The number of aliphatic hydroxyl groups is 1. The van der Waals surface area contributed by atoms with Gasteiger partial charge in [-0.2, -0.15) is 0 Å². The first-order valence-corrected chi connectivity index (χ1v) is 13.1. The Balaban J connectivity index is 1.69. The van der Waals surface area contributed by atoms with Crippen molar-refractivity contribution in [2.24, 2.45) is 0 Å². The number of aliphatic hydroxyl groups excluding tert-OH is 1. The van der Waals surface area contributed by atoms with Crippen LogP contribution in [0.2, 0.25) is 0 Å². The Morgan fingerprint density at radius 3 is 2.32 bits per heavy atom. The van der Waals surface area contributed by atoms with Gasteiger partial charge in [0.2, 0.25) is 5.91 Å². The monoisotopic (exact) mass is 621 g/mol. The van der Waals surface area contributed by atoms with Crippen molar-refractivity contribution in [1.82, 2.24) is 10.6 Å². The first kappa shape index (κ1) is 28.7. The smallest absolute Gasteiger partial charge is 0.251 e. The summed E-state index contributed by atoms with van der Waals surface area (Å²) in [7, 11) is 0. The molecule has 4 N–H and O–H groups in total. The zero-order valence-corrected chi connectivity index (χ0v) is 22.6. The number of hydrogen-bond acceptors (Lipinski definition) is 4. The molecule has 0 radical (unpaired) electrons. The first-order valence-electron chi connectivity index (χ1n) is 12.0. The lowest BCUT2D eigenvalue weighted by molar-refractivity contribution is -0.116. The molecule has 37 heavy (non-hydrogen) atoms. The Kier molecular flexibility index (Phi) is 11.0. The fraction of sp³-hybridized carbons (Fsp3) is 0.286. The van der Waals surface area contributed by atoms with Crippen LogP contribution in [-0.2, 0) is 17.8 Å². The van der Waals surface area contributed by atoms with Gasteiger partial charge in [-0.1, -0.05) is 19.1 Å². The summed E-state index contributed by atoms with van der Waals surface area (Å²) >= 11 is 2.22. The zero-order chi connectivity index (χ0) is 26.8. The number of halogens is 3. The van der Waals surface area contributed by atoms with Crippen LogP contribution in [0.5, 0.6) is 0 Å². The minimum atomic E-state index is -1.04. The van der Waals surface area contributed by atoms with E-state index in [1.807, 2.05) is 31.2 Å². The van der Waals surface area contributed by atoms with Crippen LogP contribution in [0.25, 0.3) is 0 Å². The number of benzene rings is 3. The molecule has 0 aromatic heterocycles. The molecule has 3 aromatic rings. The summed E-state index contributed by atoms with van der Waals surface area (Å²) in [6.45, 7) is 2.57. The van der Waals surface area contributed by atoms with Gasteiger partial charge in [-0.3, -0.25) is 9.59 Å². The van der Waals surface area contributed by atoms with E-state index >= 15 is 0 Å². The normalized spacial score (nSPS) is 12.6. The molecular weight excluding hydrogens is 591 g/mol. The number of carbonyl (C=O) groups is 2. The Morgan fingerprint density at radius 2 is 1.68 bits per heavy atom. The van der Waals surface area contributed by atoms with Crippen molar-refractivity contribution in [1.29, 1.82) is 0 Å². The van der Waals surface area contributed by atoms with Crippen LogP contribution >= 0.6 is 22.6 Å². The van der Waals surface area contributed by atoms with Gasteiger partial charge in [-0.15, -0.1) is 0 Å². The Morgan fingerprint density at radius 1 is 0.973 bits per heavy atom. The van der Waals surface area contributed by atoms with Crippen molar-refractivity contribution in [2.75, 3.05) is 11.9 Å². The van der Waals surface area contributed by atoms with Crippen molar-refractivity contribution >= 4 is 40.1 Å². The molecule has 0 saturated carbocycles. The van der Waals surface area contributed by atoms with E-state index in [1.54, 1.807) is 24.3 Å². The molecule has 0 aliphatic heterocycles. The number of nitrogens with one attached hydrogen (secondary N) is 3. The van der Waals surface area contributed by atoms with Gasteiger partial charge >= 0.3 is 0 Å². The number of anilines is 1. The predicted molar refractivity (Wildman–Crippen MR) is 148 cm³/mol. The predicted octanol–water partition coefficient (Wildman–Crippen LogP) is 4.80. The van der Waals surface area contributed by atoms with E-state index in [1.165, 1.54) is 12.1 Å². The summed E-state index contributed by atoms with van der Waals surface area (Å²) in [5.74, 6) is -2.02. The third-order valence-electron chi connectivity index (χ3n) is 5.64.